The Hall–Kier alpha value is -4.49. The van der Waals surface area contributed by atoms with Crippen molar-refractivity contribution in [3.05, 3.63) is 59.7 Å². The number of carbonyl (C=O) groups excluding carboxylic acids is 4. The molecule has 13 heteroatoms. The summed E-state index contributed by atoms with van der Waals surface area (Å²) in [5.74, 6) is -4.52. The third-order valence-corrected chi connectivity index (χ3v) is 7.41. The zero-order chi connectivity index (χ0) is 31.7. The second-order valence-electron chi connectivity index (χ2n) is 10.4. The van der Waals surface area contributed by atoms with E-state index in [4.69, 9.17) is 14.9 Å². The standard InChI is InChI=1S/C30H38N4O9/c1-4-16(2)25(27(38)31-13-24(37)32-23(14-35)29(40)41)33-28(39)26(17(3)36)34-30(42)43-15-22-20-11-7-5-9-18(20)19-10-6-8-12-21(19)22/h5-12,16-17,22-23,25-26,35-36H,4,13-15H2,1-3H3,(H,31,38)(H,32,37)(H,33,39)(H,34,42)(H,40,41)/t16-,17+,23-,25-,26-/m0/s1. The fourth-order valence-corrected chi connectivity index (χ4v) is 4.83. The van der Waals surface area contributed by atoms with Crippen LogP contribution >= 0.6 is 0 Å². The van der Waals surface area contributed by atoms with E-state index in [2.05, 4.69) is 21.3 Å². The van der Waals surface area contributed by atoms with Gasteiger partial charge in [0, 0.05) is 5.92 Å². The van der Waals surface area contributed by atoms with Crippen molar-refractivity contribution < 1.29 is 44.0 Å². The highest BCUT2D eigenvalue weighted by Crippen LogP contribution is 2.44. The Morgan fingerprint density at radius 3 is 1.95 bits per heavy atom. The van der Waals surface area contributed by atoms with E-state index in [9.17, 15) is 29.1 Å². The summed E-state index contributed by atoms with van der Waals surface area (Å²) in [6.07, 6.45) is -1.82. The molecule has 0 spiro atoms. The number of carbonyl (C=O) groups is 5. The van der Waals surface area contributed by atoms with E-state index in [-0.39, 0.29) is 12.5 Å². The molecule has 1 aliphatic carbocycles. The van der Waals surface area contributed by atoms with Crippen LogP contribution in [-0.4, -0.2) is 89.1 Å². The van der Waals surface area contributed by atoms with Crippen molar-refractivity contribution in [2.75, 3.05) is 19.8 Å². The molecule has 0 unspecified atom stereocenters. The van der Waals surface area contributed by atoms with Gasteiger partial charge in [0.25, 0.3) is 0 Å². The number of hydrogen-bond donors (Lipinski definition) is 7. The highest BCUT2D eigenvalue weighted by Gasteiger charge is 2.34. The van der Waals surface area contributed by atoms with Gasteiger partial charge in [-0.25, -0.2) is 9.59 Å². The number of benzene rings is 2. The van der Waals surface area contributed by atoms with Crippen LogP contribution in [0.1, 0.15) is 44.2 Å². The summed E-state index contributed by atoms with van der Waals surface area (Å²) in [4.78, 5) is 61.9. The Bertz CT molecular complexity index is 1290. The van der Waals surface area contributed by atoms with E-state index in [1.54, 1.807) is 13.8 Å². The minimum atomic E-state index is -1.54. The number of aliphatic hydroxyl groups is 2. The van der Waals surface area contributed by atoms with Crippen LogP contribution in [0.4, 0.5) is 4.79 Å². The van der Waals surface area contributed by atoms with Crippen LogP contribution in [0.3, 0.4) is 0 Å². The molecule has 0 heterocycles. The molecule has 2 aromatic carbocycles. The highest BCUT2D eigenvalue weighted by atomic mass is 16.5. The molecule has 0 saturated carbocycles. The highest BCUT2D eigenvalue weighted by molar-refractivity contribution is 5.94. The number of ether oxygens (including phenoxy) is 1. The minimum absolute atomic E-state index is 0.00696. The molecular formula is C30H38N4O9. The summed E-state index contributed by atoms with van der Waals surface area (Å²) >= 11 is 0. The molecule has 43 heavy (non-hydrogen) atoms. The maximum Gasteiger partial charge on any atom is 0.407 e. The summed E-state index contributed by atoms with van der Waals surface area (Å²) in [6.45, 7) is 3.32. The van der Waals surface area contributed by atoms with Crippen LogP contribution in [0.15, 0.2) is 48.5 Å². The number of rotatable bonds is 14. The van der Waals surface area contributed by atoms with E-state index < -0.39 is 73.1 Å². The monoisotopic (exact) mass is 598 g/mol. The van der Waals surface area contributed by atoms with Gasteiger partial charge in [-0.2, -0.15) is 0 Å². The van der Waals surface area contributed by atoms with Crippen molar-refractivity contribution in [3.63, 3.8) is 0 Å². The molecule has 7 N–H and O–H groups in total. The Labute approximate surface area is 249 Å². The zero-order valence-corrected chi connectivity index (χ0v) is 24.2. The Balaban J connectivity index is 1.61. The number of aliphatic hydroxyl groups excluding tert-OH is 2. The van der Waals surface area contributed by atoms with Gasteiger partial charge in [0.15, 0.2) is 0 Å². The predicted molar refractivity (Wildman–Crippen MR) is 155 cm³/mol. The van der Waals surface area contributed by atoms with Crippen molar-refractivity contribution in [2.45, 2.75) is 57.3 Å². The molecule has 0 aromatic heterocycles. The summed E-state index contributed by atoms with van der Waals surface area (Å²) in [5, 5.41) is 37.6. The molecule has 0 bridgehead atoms. The molecule has 0 radical (unpaired) electrons. The van der Waals surface area contributed by atoms with Crippen LogP contribution in [0.2, 0.25) is 0 Å². The van der Waals surface area contributed by atoms with Gasteiger partial charge in [-0.15, -0.1) is 0 Å². The molecule has 0 fully saturated rings. The third-order valence-electron chi connectivity index (χ3n) is 7.41. The average Bonchev–Trinajstić information content (AvgIpc) is 3.31. The van der Waals surface area contributed by atoms with Crippen molar-refractivity contribution in [1.82, 2.24) is 21.3 Å². The van der Waals surface area contributed by atoms with Crippen molar-refractivity contribution in [3.8, 4) is 11.1 Å². The smallest absolute Gasteiger partial charge is 0.407 e. The number of amides is 4. The second kappa shape index (κ2) is 15.1. The first kappa shape index (κ1) is 33.0. The lowest BCUT2D eigenvalue weighted by atomic mass is 9.97. The normalized spacial score (nSPS) is 15.5. The number of fused-ring (bicyclic) bond motifs is 3. The van der Waals surface area contributed by atoms with Gasteiger partial charge in [-0.1, -0.05) is 68.8 Å². The van der Waals surface area contributed by atoms with Crippen LogP contribution < -0.4 is 21.3 Å². The minimum Gasteiger partial charge on any atom is -0.480 e. The number of aliphatic carboxylic acids is 1. The predicted octanol–water partition coefficient (Wildman–Crippen LogP) is 0.483. The molecule has 232 valence electrons. The summed E-state index contributed by atoms with van der Waals surface area (Å²) in [7, 11) is 0. The molecular weight excluding hydrogens is 560 g/mol. The van der Waals surface area contributed by atoms with Gasteiger partial charge in [-0.3, -0.25) is 14.4 Å². The number of carboxylic acids is 1. The molecule has 0 saturated heterocycles. The second-order valence-corrected chi connectivity index (χ2v) is 10.4. The first-order valence-electron chi connectivity index (χ1n) is 14.0. The first-order valence-corrected chi connectivity index (χ1v) is 14.0. The van der Waals surface area contributed by atoms with E-state index >= 15 is 0 Å². The first-order chi connectivity index (χ1) is 20.5. The number of nitrogens with one attached hydrogen (secondary N) is 4. The largest absolute Gasteiger partial charge is 0.480 e. The van der Waals surface area contributed by atoms with E-state index in [0.717, 1.165) is 22.3 Å². The Morgan fingerprint density at radius 2 is 1.44 bits per heavy atom. The summed E-state index contributed by atoms with van der Waals surface area (Å²) in [6, 6.07) is 11.5. The van der Waals surface area contributed by atoms with Crippen molar-refractivity contribution in [2.24, 2.45) is 5.92 Å². The molecule has 4 amide bonds. The number of hydrogen-bond acceptors (Lipinski definition) is 8. The van der Waals surface area contributed by atoms with Crippen LogP contribution in [-0.2, 0) is 23.9 Å². The quantitative estimate of drug-likeness (QED) is 0.161. The van der Waals surface area contributed by atoms with Gasteiger partial charge in [0.1, 0.15) is 24.7 Å². The SMILES string of the molecule is CC[C@H](C)[C@H](NC(=O)[C@@H](NC(=O)OCC1c2ccccc2-c2ccccc21)[C@@H](C)O)C(=O)NCC(=O)N[C@@H](CO)C(=O)O. The van der Waals surface area contributed by atoms with Gasteiger partial charge in [-0.05, 0) is 35.1 Å². The molecule has 2 aromatic rings. The van der Waals surface area contributed by atoms with Crippen molar-refractivity contribution in [1.29, 1.82) is 0 Å². The van der Waals surface area contributed by atoms with Crippen molar-refractivity contribution >= 4 is 29.8 Å². The average molecular weight is 599 g/mol. The van der Waals surface area contributed by atoms with Gasteiger partial charge >= 0.3 is 12.1 Å². The van der Waals surface area contributed by atoms with Crippen LogP contribution in [0, 0.1) is 5.92 Å². The topological polar surface area (TPSA) is 203 Å². The fraction of sp³-hybridized carbons (Fsp3) is 0.433. The lowest BCUT2D eigenvalue weighted by molar-refractivity contribution is -0.142. The van der Waals surface area contributed by atoms with E-state index in [0.29, 0.717) is 6.42 Å². The maximum absolute atomic E-state index is 13.1. The summed E-state index contributed by atoms with van der Waals surface area (Å²) in [5.41, 5.74) is 4.12. The van der Waals surface area contributed by atoms with E-state index in [1.165, 1.54) is 6.92 Å². The van der Waals surface area contributed by atoms with Gasteiger partial charge in [0.2, 0.25) is 17.7 Å². The lowest BCUT2D eigenvalue weighted by Gasteiger charge is -2.27. The molecule has 13 nitrogen and oxygen atoms in total. The molecule has 5 atom stereocenters. The lowest BCUT2D eigenvalue weighted by Crippen LogP contribution is -2.59. The van der Waals surface area contributed by atoms with Gasteiger partial charge in [0.05, 0.1) is 19.3 Å². The zero-order valence-electron chi connectivity index (χ0n) is 24.2. The Kier molecular flexibility index (Phi) is 11.6. The number of carboxylic acid groups (broad SMARTS) is 1. The third kappa shape index (κ3) is 8.30. The summed E-state index contributed by atoms with van der Waals surface area (Å²) < 4.78 is 5.49. The molecule has 0 aliphatic heterocycles. The molecule has 3 rings (SSSR count). The number of alkyl carbamates (subject to hydrolysis) is 1. The maximum atomic E-state index is 13.1. The molecule has 1 aliphatic rings. The van der Waals surface area contributed by atoms with E-state index in [1.807, 2.05) is 48.5 Å². The van der Waals surface area contributed by atoms with Gasteiger partial charge < -0.3 is 41.3 Å². The van der Waals surface area contributed by atoms with Crippen LogP contribution in [0.25, 0.3) is 11.1 Å². The Morgan fingerprint density at radius 1 is 0.860 bits per heavy atom. The fourth-order valence-electron chi connectivity index (χ4n) is 4.83. The van der Waals surface area contributed by atoms with Crippen LogP contribution in [0.5, 0.6) is 0 Å².